The van der Waals surface area contributed by atoms with Crippen LogP contribution in [0.1, 0.15) is 24.2 Å². The third-order valence-electron chi connectivity index (χ3n) is 2.77. The van der Waals surface area contributed by atoms with Gasteiger partial charge < -0.3 is 9.84 Å². The number of benzene rings is 2. The monoisotopic (exact) mass is 296 g/mol. The summed E-state index contributed by atoms with van der Waals surface area (Å²) in [5.74, 6) is 0.785. The first-order valence-electron chi connectivity index (χ1n) is 5.97. The molecule has 0 amide bonds. The van der Waals surface area contributed by atoms with Crippen LogP contribution in [0.2, 0.25) is 10.0 Å². The summed E-state index contributed by atoms with van der Waals surface area (Å²) in [6.45, 7) is 2.55. The van der Waals surface area contributed by atoms with Crippen molar-refractivity contribution in [2.45, 2.75) is 13.0 Å². The van der Waals surface area contributed by atoms with Gasteiger partial charge in [0.25, 0.3) is 0 Å². The van der Waals surface area contributed by atoms with Crippen LogP contribution in [0.25, 0.3) is 0 Å². The number of aliphatic hydroxyl groups is 1. The molecule has 2 rings (SSSR count). The number of halogens is 2. The number of aliphatic hydroxyl groups excluding tert-OH is 1. The van der Waals surface area contributed by atoms with E-state index in [1.165, 1.54) is 0 Å². The first kappa shape index (κ1) is 14.2. The summed E-state index contributed by atoms with van der Waals surface area (Å²) in [5.41, 5.74) is 1.49. The van der Waals surface area contributed by atoms with Crippen LogP contribution in [0, 0.1) is 0 Å². The molecule has 0 aromatic heterocycles. The van der Waals surface area contributed by atoms with Crippen LogP contribution in [-0.4, -0.2) is 11.7 Å². The zero-order valence-corrected chi connectivity index (χ0v) is 11.9. The Labute approximate surface area is 122 Å². The van der Waals surface area contributed by atoms with E-state index in [0.29, 0.717) is 22.2 Å². The Bertz CT molecular complexity index is 553. The molecule has 0 saturated heterocycles. The lowest BCUT2D eigenvalue weighted by Gasteiger charge is -2.13. The van der Waals surface area contributed by atoms with Gasteiger partial charge in [-0.05, 0) is 42.3 Å². The Balaban J connectivity index is 2.22. The number of hydrogen-bond donors (Lipinski definition) is 1. The van der Waals surface area contributed by atoms with Crippen molar-refractivity contribution in [2.24, 2.45) is 0 Å². The molecule has 0 aliphatic carbocycles. The highest BCUT2D eigenvalue weighted by Crippen LogP contribution is 2.29. The summed E-state index contributed by atoms with van der Waals surface area (Å²) in [5, 5.41) is 11.2. The summed E-state index contributed by atoms with van der Waals surface area (Å²) in [4.78, 5) is 0. The smallest absolute Gasteiger partial charge is 0.119 e. The molecule has 2 aromatic rings. The third-order valence-corrected chi connectivity index (χ3v) is 3.51. The Morgan fingerprint density at radius 3 is 2.21 bits per heavy atom. The van der Waals surface area contributed by atoms with Crippen LogP contribution in [-0.2, 0) is 0 Å². The van der Waals surface area contributed by atoms with Crippen LogP contribution in [0.5, 0.6) is 5.75 Å². The third kappa shape index (κ3) is 3.41. The van der Waals surface area contributed by atoms with Crippen molar-refractivity contribution in [3.8, 4) is 5.75 Å². The van der Waals surface area contributed by atoms with Gasteiger partial charge in [0.2, 0.25) is 0 Å². The predicted molar refractivity (Wildman–Crippen MR) is 78.1 cm³/mol. The van der Waals surface area contributed by atoms with Crippen LogP contribution in [0.15, 0.2) is 42.5 Å². The predicted octanol–water partition coefficient (Wildman–Crippen LogP) is 4.47. The second-order valence-electron chi connectivity index (χ2n) is 4.08. The van der Waals surface area contributed by atoms with E-state index in [1.54, 1.807) is 18.2 Å². The molecule has 2 aromatic carbocycles. The topological polar surface area (TPSA) is 29.5 Å². The molecule has 100 valence electrons. The van der Waals surface area contributed by atoms with Crippen molar-refractivity contribution in [3.05, 3.63) is 63.6 Å². The Kier molecular flexibility index (Phi) is 4.70. The molecule has 2 nitrogen and oxygen atoms in total. The minimum atomic E-state index is -0.731. The van der Waals surface area contributed by atoms with E-state index in [-0.39, 0.29) is 0 Å². The largest absolute Gasteiger partial charge is 0.494 e. The van der Waals surface area contributed by atoms with E-state index in [1.807, 2.05) is 31.2 Å². The first-order valence-corrected chi connectivity index (χ1v) is 6.73. The van der Waals surface area contributed by atoms with Crippen LogP contribution < -0.4 is 4.74 Å². The molecule has 1 N–H and O–H groups in total. The summed E-state index contributed by atoms with van der Waals surface area (Å²) < 4.78 is 5.36. The highest BCUT2D eigenvalue weighted by molar-refractivity contribution is 6.42. The van der Waals surface area contributed by atoms with Crippen molar-refractivity contribution in [1.29, 1.82) is 0 Å². The molecule has 0 saturated carbocycles. The quantitative estimate of drug-likeness (QED) is 0.902. The molecule has 0 aliphatic heterocycles. The molecule has 0 spiro atoms. The van der Waals surface area contributed by atoms with Crippen molar-refractivity contribution < 1.29 is 9.84 Å². The maximum atomic E-state index is 10.3. The lowest BCUT2D eigenvalue weighted by atomic mass is 10.0. The highest BCUT2D eigenvalue weighted by atomic mass is 35.5. The molecule has 0 fully saturated rings. The molecule has 4 heteroatoms. The van der Waals surface area contributed by atoms with Crippen molar-refractivity contribution in [1.82, 2.24) is 0 Å². The second kappa shape index (κ2) is 6.29. The SMILES string of the molecule is CCOc1ccc([C@@H](O)c2ccc(Cl)c(Cl)c2)cc1. The lowest BCUT2D eigenvalue weighted by Crippen LogP contribution is -2.00. The van der Waals surface area contributed by atoms with Gasteiger partial charge >= 0.3 is 0 Å². The van der Waals surface area contributed by atoms with E-state index in [2.05, 4.69) is 0 Å². The molecule has 0 unspecified atom stereocenters. The Morgan fingerprint density at radius 2 is 1.63 bits per heavy atom. The van der Waals surface area contributed by atoms with Gasteiger partial charge in [-0.25, -0.2) is 0 Å². The molecule has 1 atom stereocenters. The number of rotatable bonds is 4. The minimum absolute atomic E-state index is 0.434. The standard InChI is InChI=1S/C15H14Cl2O2/c1-2-19-12-6-3-10(4-7-12)15(18)11-5-8-13(16)14(17)9-11/h3-9,15,18H,2H2,1H3/t15-/m1/s1. The first-order chi connectivity index (χ1) is 9.11. The maximum Gasteiger partial charge on any atom is 0.119 e. The highest BCUT2D eigenvalue weighted by Gasteiger charge is 2.12. The maximum absolute atomic E-state index is 10.3. The molecule has 0 heterocycles. The lowest BCUT2D eigenvalue weighted by molar-refractivity contribution is 0.220. The zero-order chi connectivity index (χ0) is 13.8. The molecule has 19 heavy (non-hydrogen) atoms. The average molecular weight is 297 g/mol. The summed E-state index contributed by atoms with van der Waals surface area (Å²) in [7, 11) is 0. The Hall–Kier alpha value is -1.22. The van der Waals surface area contributed by atoms with Gasteiger partial charge in [-0.2, -0.15) is 0 Å². The summed E-state index contributed by atoms with van der Waals surface area (Å²) in [6.07, 6.45) is -0.731. The zero-order valence-electron chi connectivity index (χ0n) is 10.4. The molecular formula is C15H14Cl2O2. The van der Waals surface area contributed by atoms with E-state index in [9.17, 15) is 5.11 Å². The summed E-state index contributed by atoms with van der Waals surface area (Å²) >= 11 is 11.8. The molecule has 0 bridgehead atoms. The number of ether oxygens (including phenoxy) is 1. The van der Waals surface area contributed by atoms with Gasteiger partial charge in [0, 0.05) is 0 Å². The average Bonchev–Trinajstić information content (AvgIpc) is 2.42. The van der Waals surface area contributed by atoms with Gasteiger partial charge in [-0.15, -0.1) is 0 Å². The van der Waals surface area contributed by atoms with Crippen molar-refractivity contribution in [3.63, 3.8) is 0 Å². The van der Waals surface area contributed by atoms with E-state index >= 15 is 0 Å². The van der Waals surface area contributed by atoms with Crippen molar-refractivity contribution in [2.75, 3.05) is 6.61 Å². The molecular weight excluding hydrogens is 283 g/mol. The van der Waals surface area contributed by atoms with E-state index in [4.69, 9.17) is 27.9 Å². The van der Waals surface area contributed by atoms with Crippen molar-refractivity contribution >= 4 is 23.2 Å². The Morgan fingerprint density at radius 1 is 1.00 bits per heavy atom. The summed E-state index contributed by atoms with van der Waals surface area (Å²) in [6, 6.07) is 12.4. The van der Waals surface area contributed by atoms with Gasteiger partial charge in [-0.3, -0.25) is 0 Å². The fourth-order valence-corrected chi connectivity index (χ4v) is 2.09. The molecule has 0 radical (unpaired) electrons. The number of hydrogen-bond acceptors (Lipinski definition) is 2. The second-order valence-corrected chi connectivity index (χ2v) is 4.89. The van der Waals surface area contributed by atoms with Gasteiger partial charge in [0.1, 0.15) is 11.9 Å². The van der Waals surface area contributed by atoms with Crippen LogP contribution in [0.4, 0.5) is 0 Å². The fourth-order valence-electron chi connectivity index (χ4n) is 1.79. The minimum Gasteiger partial charge on any atom is -0.494 e. The van der Waals surface area contributed by atoms with Crippen LogP contribution in [0.3, 0.4) is 0 Å². The van der Waals surface area contributed by atoms with Gasteiger partial charge in [0.05, 0.1) is 16.7 Å². The fraction of sp³-hybridized carbons (Fsp3) is 0.200. The normalized spacial score (nSPS) is 12.2. The van der Waals surface area contributed by atoms with E-state index < -0.39 is 6.10 Å². The van der Waals surface area contributed by atoms with Crippen LogP contribution >= 0.6 is 23.2 Å². The molecule has 0 aliphatic rings. The van der Waals surface area contributed by atoms with E-state index in [0.717, 1.165) is 11.3 Å². The van der Waals surface area contributed by atoms with Gasteiger partial charge in [-0.1, -0.05) is 41.4 Å². The van der Waals surface area contributed by atoms with Gasteiger partial charge in [0.15, 0.2) is 0 Å².